The molecule has 0 radical (unpaired) electrons. The highest BCUT2D eigenvalue weighted by Gasteiger charge is 2.00. The zero-order valence-corrected chi connectivity index (χ0v) is 11.9. The molecule has 110 valence electrons. The molecular formula is C17H20N2O2. The van der Waals surface area contributed by atoms with Crippen molar-refractivity contribution in [1.29, 1.82) is 0 Å². The number of hydrazine groups is 1. The van der Waals surface area contributed by atoms with Crippen LogP contribution >= 0.6 is 0 Å². The van der Waals surface area contributed by atoms with Crippen molar-refractivity contribution in [1.82, 2.24) is 5.43 Å². The van der Waals surface area contributed by atoms with Gasteiger partial charge in [0.1, 0.15) is 5.75 Å². The van der Waals surface area contributed by atoms with Crippen molar-refractivity contribution in [2.45, 2.75) is 19.3 Å². The van der Waals surface area contributed by atoms with E-state index in [2.05, 4.69) is 29.7 Å². The first-order valence-electron chi connectivity index (χ1n) is 7.03. The molecule has 0 saturated heterocycles. The largest absolute Gasteiger partial charge is 0.494 e. The van der Waals surface area contributed by atoms with E-state index in [0.717, 1.165) is 12.2 Å². The lowest BCUT2D eigenvalue weighted by Crippen LogP contribution is -2.29. The maximum atomic E-state index is 10.9. The van der Waals surface area contributed by atoms with Crippen LogP contribution in [0.5, 0.6) is 5.75 Å². The van der Waals surface area contributed by atoms with Gasteiger partial charge >= 0.3 is 0 Å². The smallest absolute Gasteiger partial charge is 0.234 e. The van der Waals surface area contributed by atoms with Crippen LogP contribution in [-0.4, -0.2) is 12.5 Å². The third-order valence-electron chi connectivity index (χ3n) is 3.15. The van der Waals surface area contributed by atoms with E-state index in [9.17, 15) is 4.79 Å². The normalized spacial score (nSPS) is 10.1. The first-order chi connectivity index (χ1) is 10.3. The minimum atomic E-state index is -0.170. The Morgan fingerprint density at radius 3 is 2.33 bits per heavy atom. The molecule has 0 unspecified atom stereocenters. The summed E-state index contributed by atoms with van der Waals surface area (Å²) in [6.07, 6.45) is 1.94. The van der Waals surface area contributed by atoms with Crippen LogP contribution in [0, 0.1) is 0 Å². The van der Waals surface area contributed by atoms with E-state index in [4.69, 9.17) is 10.6 Å². The van der Waals surface area contributed by atoms with Gasteiger partial charge in [0.2, 0.25) is 5.91 Å². The minimum absolute atomic E-state index is 0.170. The van der Waals surface area contributed by atoms with Gasteiger partial charge in [0, 0.05) is 6.42 Å². The monoisotopic (exact) mass is 284 g/mol. The van der Waals surface area contributed by atoms with Gasteiger partial charge in [-0.2, -0.15) is 0 Å². The minimum Gasteiger partial charge on any atom is -0.494 e. The van der Waals surface area contributed by atoms with Crippen molar-refractivity contribution in [3.63, 3.8) is 0 Å². The Morgan fingerprint density at radius 1 is 1.00 bits per heavy atom. The van der Waals surface area contributed by atoms with Gasteiger partial charge in [0.15, 0.2) is 0 Å². The van der Waals surface area contributed by atoms with E-state index in [1.807, 2.05) is 30.3 Å². The van der Waals surface area contributed by atoms with Crippen molar-refractivity contribution in [2.24, 2.45) is 5.84 Å². The fourth-order valence-electron chi connectivity index (χ4n) is 2.03. The molecule has 2 aromatic carbocycles. The highest BCUT2D eigenvalue weighted by Crippen LogP contribution is 2.15. The van der Waals surface area contributed by atoms with E-state index in [-0.39, 0.29) is 5.91 Å². The third-order valence-corrected chi connectivity index (χ3v) is 3.15. The summed E-state index contributed by atoms with van der Waals surface area (Å²) in [4.78, 5) is 10.9. The van der Waals surface area contributed by atoms with E-state index in [1.54, 1.807) is 0 Å². The van der Waals surface area contributed by atoms with Gasteiger partial charge in [-0.1, -0.05) is 42.5 Å². The molecule has 2 rings (SSSR count). The number of ether oxygens (including phenoxy) is 1. The lowest BCUT2D eigenvalue weighted by atomic mass is 10.1. The Labute approximate surface area is 124 Å². The molecular weight excluding hydrogens is 264 g/mol. The molecule has 1 amide bonds. The van der Waals surface area contributed by atoms with E-state index < -0.39 is 0 Å². The Hall–Kier alpha value is -2.33. The van der Waals surface area contributed by atoms with E-state index in [0.29, 0.717) is 19.4 Å². The number of hydrogen-bond donors (Lipinski definition) is 2. The molecule has 3 N–H and O–H groups in total. The summed E-state index contributed by atoms with van der Waals surface area (Å²) in [5.74, 6) is 5.65. The van der Waals surface area contributed by atoms with Gasteiger partial charge in [0.05, 0.1) is 6.61 Å². The second kappa shape index (κ2) is 8.07. The number of hydrogen-bond acceptors (Lipinski definition) is 3. The number of benzene rings is 2. The number of amides is 1. The molecule has 2 aromatic rings. The van der Waals surface area contributed by atoms with Crippen LogP contribution in [0.1, 0.15) is 24.0 Å². The zero-order chi connectivity index (χ0) is 14.9. The quantitative estimate of drug-likeness (QED) is 0.355. The van der Waals surface area contributed by atoms with Gasteiger partial charge in [-0.15, -0.1) is 0 Å². The summed E-state index contributed by atoms with van der Waals surface area (Å²) in [6, 6.07) is 18.4. The number of carbonyl (C=O) groups is 1. The molecule has 0 aliphatic rings. The SMILES string of the molecule is NNC(=O)CCCOc1ccc(Cc2ccccc2)cc1. The van der Waals surface area contributed by atoms with E-state index >= 15 is 0 Å². The molecule has 21 heavy (non-hydrogen) atoms. The number of nitrogens with one attached hydrogen (secondary N) is 1. The molecule has 0 aromatic heterocycles. The molecule has 4 nitrogen and oxygen atoms in total. The molecule has 0 fully saturated rings. The first-order valence-corrected chi connectivity index (χ1v) is 7.03. The lowest BCUT2D eigenvalue weighted by molar-refractivity contribution is -0.121. The molecule has 4 heteroatoms. The molecule has 0 spiro atoms. The molecule has 0 aliphatic carbocycles. The number of rotatable bonds is 7. The Morgan fingerprint density at radius 2 is 1.67 bits per heavy atom. The summed E-state index contributed by atoms with van der Waals surface area (Å²) in [5.41, 5.74) is 4.64. The van der Waals surface area contributed by atoms with Crippen molar-refractivity contribution in [3.8, 4) is 5.75 Å². The molecule has 0 aliphatic heterocycles. The van der Waals surface area contributed by atoms with Crippen LogP contribution in [0.3, 0.4) is 0 Å². The van der Waals surface area contributed by atoms with Crippen molar-refractivity contribution < 1.29 is 9.53 Å². The number of carbonyl (C=O) groups excluding carboxylic acids is 1. The van der Waals surface area contributed by atoms with Crippen molar-refractivity contribution >= 4 is 5.91 Å². The van der Waals surface area contributed by atoms with Crippen LogP contribution in [-0.2, 0) is 11.2 Å². The highest BCUT2D eigenvalue weighted by molar-refractivity contribution is 5.75. The van der Waals surface area contributed by atoms with Crippen LogP contribution in [0.25, 0.3) is 0 Å². The Kier molecular flexibility index (Phi) is 5.79. The van der Waals surface area contributed by atoms with E-state index in [1.165, 1.54) is 11.1 Å². The van der Waals surface area contributed by atoms with Crippen molar-refractivity contribution in [3.05, 3.63) is 65.7 Å². The second-order valence-corrected chi connectivity index (χ2v) is 4.83. The predicted octanol–water partition coefficient (Wildman–Crippen LogP) is 2.43. The fraction of sp³-hybridized carbons (Fsp3) is 0.235. The van der Waals surface area contributed by atoms with Crippen LogP contribution in [0.2, 0.25) is 0 Å². The summed E-state index contributed by atoms with van der Waals surface area (Å²) in [6.45, 7) is 0.505. The summed E-state index contributed by atoms with van der Waals surface area (Å²) >= 11 is 0. The summed E-state index contributed by atoms with van der Waals surface area (Å²) in [5, 5.41) is 0. The topological polar surface area (TPSA) is 64.3 Å². The van der Waals surface area contributed by atoms with Gasteiger partial charge in [-0.3, -0.25) is 10.2 Å². The van der Waals surface area contributed by atoms with Gasteiger partial charge in [-0.25, -0.2) is 5.84 Å². The fourth-order valence-corrected chi connectivity index (χ4v) is 2.03. The molecule has 0 saturated carbocycles. The first kappa shape index (κ1) is 15.1. The molecule has 0 heterocycles. The standard InChI is InChI=1S/C17H20N2O2/c18-19-17(20)7-4-12-21-16-10-8-15(9-11-16)13-14-5-2-1-3-6-14/h1-3,5-6,8-11H,4,7,12-13,18H2,(H,19,20). The van der Waals surface area contributed by atoms with Crippen LogP contribution in [0.15, 0.2) is 54.6 Å². The van der Waals surface area contributed by atoms with Crippen LogP contribution in [0.4, 0.5) is 0 Å². The average molecular weight is 284 g/mol. The maximum Gasteiger partial charge on any atom is 0.234 e. The van der Waals surface area contributed by atoms with Gasteiger partial charge in [0.25, 0.3) is 0 Å². The predicted molar refractivity (Wildman–Crippen MR) is 82.7 cm³/mol. The molecule has 0 atom stereocenters. The summed E-state index contributed by atoms with van der Waals surface area (Å²) in [7, 11) is 0. The van der Waals surface area contributed by atoms with Gasteiger partial charge < -0.3 is 4.74 Å². The number of nitrogens with two attached hydrogens (primary N) is 1. The molecule has 0 bridgehead atoms. The highest BCUT2D eigenvalue weighted by atomic mass is 16.5. The van der Waals surface area contributed by atoms with Crippen molar-refractivity contribution in [2.75, 3.05) is 6.61 Å². The van der Waals surface area contributed by atoms with Gasteiger partial charge in [-0.05, 0) is 36.1 Å². The third kappa shape index (κ3) is 5.28. The Balaban J connectivity index is 1.78. The maximum absolute atomic E-state index is 10.9. The summed E-state index contributed by atoms with van der Waals surface area (Å²) < 4.78 is 5.59. The second-order valence-electron chi connectivity index (χ2n) is 4.83. The Bertz CT molecular complexity index is 553. The van der Waals surface area contributed by atoms with Crippen LogP contribution < -0.4 is 16.0 Å². The average Bonchev–Trinajstić information content (AvgIpc) is 2.54. The lowest BCUT2D eigenvalue weighted by Gasteiger charge is -2.07. The zero-order valence-electron chi connectivity index (χ0n) is 11.9.